The average molecular weight is 544 g/mol. The van der Waals surface area contributed by atoms with Crippen LogP contribution in [0.5, 0.6) is 28.7 Å². The lowest BCUT2D eigenvalue weighted by atomic mass is 10.2. The molecule has 3 aromatic carbocycles. The summed E-state index contributed by atoms with van der Waals surface area (Å²) in [7, 11) is 2.86. The molecule has 0 saturated carbocycles. The number of para-hydroxylation sites is 1. The maximum Gasteiger partial charge on any atom is 0.265 e. The molecular formula is C26H29N3O8S. The zero-order valence-electron chi connectivity index (χ0n) is 21.6. The molecular weight excluding hydrogens is 514 g/mol. The van der Waals surface area contributed by atoms with Gasteiger partial charge in [-0.3, -0.25) is 9.10 Å². The van der Waals surface area contributed by atoms with E-state index in [-0.39, 0.29) is 22.1 Å². The molecule has 1 N–H and O–H groups in total. The Labute approximate surface area is 221 Å². The van der Waals surface area contributed by atoms with Gasteiger partial charge in [0.15, 0.2) is 11.5 Å². The van der Waals surface area contributed by atoms with Gasteiger partial charge in [0, 0.05) is 17.7 Å². The van der Waals surface area contributed by atoms with E-state index in [2.05, 4.69) is 10.5 Å². The van der Waals surface area contributed by atoms with Crippen molar-refractivity contribution in [3.8, 4) is 28.7 Å². The van der Waals surface area contributed by atoms with Crippen LogP contribution < -0.4 is 33.4 Å². The minimum atomic E-state index is -4.32. The molecule has 0 saturated heterocycles. The number of hydrogen-bond acceptors (Lipinski definition) is 9. The van der Waals surface area contributed by atoms with Crippen molar-refractivity contribution in [1.29, 1.82) is 0 Å². The number of anilines is 1. The standard InChI is InChI=1S/C26H29N3O8S/c1-33-19-10-12-23(35-3)21(14-19)29(38(31,32)20-11-13-24(36-4)25(15-20)37-5)17-26(30)28-27-16-18-8-6-7-9-22(18)34-2/h6-16H,17H2,1-5H3,(H,28,30)/b27-16-. The third-order valence-electron chi connectivity index (χ3n) is 5.42. The highest BCUT2D eigenvalue weighted by Gasteiger charge is 2.31. The van der Waals surface area contributed by atoms with Crippen LogP contribution in [0.3, 0.4) is 0 Å². The fraction of sp³-hybridized carbons (Fsp3) is 0.231. The normalized spacial score (nSPS) is 11.1. The number of amides is 1. The largest absolute Gasteiger partial charge is 0.497 e. The molecule has 0 aromatic heterocycles. The van der Waals surface area contributed by atoms with Crippen LogP contribution in [0.25, 0.3) is 0 Å². The van der Waals surface area contributed by atoms with Gasteiger partial charge in [-0.2, -0.15) is 5.10 Å². The molecule has 11 nitrogen and oxygen atoms in total. The van der Waals surface area contributed by atoms with Gasteiger partial charge in [-0.1, -0.05) is 12.1 Å². The van der Waals surface area contributed by atoms with Crippen LogP contribution in [-0.2, 0) is 14.8 Å². The zero-order chi connectivity index (χ0) is 27.7. The topological polar surface area (TPSA) is 125 Å². The maximum absolute atomic E-state index is 13.9. The van der Waals surface area contributed by atoms with Crippen LogP contribution in [0.1, 0.15) is 5.56 Å². The van der Waals surface area contributed by atoms with E-state index < -0.39 is 22.5 Å². The van der Waals surface area contributed by atoms with Gasteiger partial charge in [0.1, 0.15) is 23.8 Å². The second kappa shape index (κ2) is 12.7. The van der Waals surface area contributed by atoms with E-state index in [9.17, 15) is 13.2 Å². The molecule has 0 atom stereocenters. The van der Waals surface area contributed by atoms with Gasteiger partial charge in [0.05, 0.1) is 52.3 Å². The summed E-state index contributed by atoms with van der Waals surface area (Å²) in [5.41, 5.74) is 3.08. The van der Waals surface area contributed by atoms with E-state index in [0.717, 1.165) is 4.31 Å². The fourth-order valence-electron chi connectivity index (χ4n) is 3.51. The van der Waals surface area contributed by atoms with Crippen molar-refractivity contribution in [3.05, 3.63) is 66.2 Å². The number of nitrogens with zero attached hydrogens (tertiary/aromatic N) is 2. The van der Waals surface area contributed by atoms with E-state index in [0.29, 0.717) is 22.8 Å². The third-order valence-corrected chi connectivity index (χ3v) is 7.17. The molecule has 38 heavy (non-hydrogen) atoms. The van der Waals surface area contributed by atoms with Crippen LogP contribution in [0.2, 0.25) is 0 Å². The number of methoxy groups -OCH3 is 5. The number of carbonyl (C=O) groups excluding carboxylic acids is 1. The number of ether oxygens (including phenoxy) is 5. The Bertz CT molecular complexity index is 1410. The van der Waals surface area contributed by atoms with Crippen molar-refractivity contribution >= 4 is 27.8 Å². The molecule has 0 radical (unpaired) electrons. The summed E-state index contributed by atoms with van der Waals surface area (Å²) in [5.74, 6) is 0.981. The minimum absolute atomic E-state index is 0.0884. The van der Waals surface area contributed by atoms with Crippen molar-refractivity contribution in [1.82, 2.24) is 5.43 Å². The van der Waals surface area contributed by atoms with Crippen molar-refractivity contribution < 1.29 is 36.9 Å². The summed E-state index contributed by atoms with van der Waals surface area (Å²) in [6.07, 6.45) is 1.40. The summed E-state index contributed by atoms with van der Waals surface area (Å²) in [5, 5.41) is 3.96. The van der Waals surface area contributed by atoms with E-state index in [1.807, 2.05) is 0 Å². The molecule has 0 spiro atoms. The predicted octanol–water partition coefficient (Wildman–Crippen LogP) is 3.08. The molecule has 12 heteroatoms. The third kappa shape index (κ3) is 6.27. The van der Waals surface area contributed by atoms with Crippen LogP contribution >= 0.6 is 0 Å². The van der Waals surface area contributed by atoms with Crippen molar-refractivity contribution in [2.75, 3.05) is 46.4 Å². The van der Waals surface area contributed by atoms with E-state index in [1.54, 1.807) is 36.4 Å². The monoisotopic (exact) mass is 543 g/mol. The number of benzene rings is 3. The SMILES string of the molecule is COc1ccc(OC)c(N(CC(=O)N/N=C\c2ccccc2OC)S(=O)(=O)c2ccc(OC)c(OC)c2)c1. The van der Waals surface area contributed by atoms with Gasteiger partial charge < -0.3 is 23.7 Å². The Morgan fingerprint density at radius 2 is 1.47 bits per heavy atom. The minimum Gasteiger partial charge on any atom is -0.497 e. The quantitative estimate of drug-likeness (QED) is 0.273. The summed E-state index contributed by atoms with van der Waals surface area (Å²) < 4.78 is 55.1. The second-order valence-electron chi connectivity index (χ2n) is 7.60. The molecule has 3 aromatic rings. The smallest absolute Gasteiger partial charge is 0.265 e. The van der Waals surface area contributed by atoms with Gasteiger partial charge >= 0.3 is 0 Å². The highest BCUT2D eigenvalue weighted by Crippen LogP contribution is 2.37. The summed E-state index contributed by atoms with van der Waals surface area (Å²) in [6, 6.07) is 15.8. The summed E-state index contributed by atoms with van der Waals surface area (Å²) >= 11 is 0. The number of nitrogens with one attached hydrogen (secondary N) is 1. The van der Waals surface area contributed by atoms with Gasteiger partial charge in [0.25, 0.3) is 15.9 Å². The van der Waals surface area contributed by atoms with E-state index in [1.165, 1.54) is 66.0 Å². The van der Waals surface area contributed by atoms with Crippen molar-refractivity contribution in [2.45, 2.75) is 4.90 Å². The van der Waals surface area contributed by atoms with Crippen LogP contribution in [0.4, 0.5) is 5.69 Å². The number of rotatable bonds is 12. The Morgan fingerprint density at radius 3 is 2.13 bits per heavy atom. The summed E-state index contributed by atoms with van der Waals surface area (Å²) in [4.78, 5) is 12.8. The number of sulfonamides is 1. The highest BCUT2D eigenvalue weighted by atomic mass is 32.2. The zero-order valence-corrected chi connectivity index (χ0v) is 22.4. The first-order valence-electron chi connectivity index (χ1n) is 11.2. The molecule has 0 unspecified atom stereocenters. The number of hydrogen-bond donors (Lipinski definition) is 1. The predicted molar refractivity (Wildman–Crippen MR) is 142 cm³/mol. The first-order chi connectivity index (χ1) is 18.3. The number of carbonyl (C=O) groups is 1. The van der Waals surface area contributed by atoms with Crippen molar-refractivity contribution in [2.24, 2.45) is 5.10 Å². The lowest BCUT2D eigenvalue weighted by Crippen LogP contribution is -2.39. The van der Waals surface area contributed by atoms with E-state index in [4.69, 9.17) is 23.7 Å². The summed E-state index contributed by atoms with van der Waals surface area (Å²) in [6.45, 7) is -0.622. The van der Waals surface area contributed by atoms with Gasteiger partial charge in [-0.25, -0.2) is 13.8 Å². The molecule has 0 fully saturated rings. The fourth-order valence-corrected chi connectivity index (χ4v) is 4.95. The van der Waals surface area contributed by atoms with Gasteiger partial charge in [-0.05, 0) is 36.4 Å². The Balaban J connectivity index is 2.01. The van der Waals surface area contributed by atoms with Crippen molar-refractivity contribution in [3.63, 3.8) is 0 Å². The molecule has 0 heterocycles. The highest BCUT2D eigenvalue weighted by molar-refractivity contribution is 7.92. The molecule has 3 rings (SSSR count). The maximum atomic E-state index is 13.9. The van der Waals surface area contributed by atoms with Gasteiger partial charge in [0.2, 0.25) is 0 Å². The Kier molecular flexibility index (Phi) is 9.39. The van der Waals surface area contributed by atoms with Crippen LogP contribution in [0.15, 0.2) is 70.7 Å². The first kappa shape index (κ1) is 28.1. The Morgan fingerprint density at radius 1 is 0.816 bits per heavy atom. The lowest BCUT2D eigenvalue weighted by Gasteiger charge is -2.26. The lowest BCUT2D eigenvalue weighted by molar-refractivity contribution is -0.119. The first-order valence-corrected chi connectivity index (χ1v) is 12.6. The second-order valence-corrected chi connectivity index (χ2v) is 9.46. The van der Waals surface area contributed by atoms with Gasteiger partial charge in [-0.15, -0.1) is 0 Å². The number of hydrazone groups is 1. The molecule has 0 bridgehead atoms. The molecule has 202 valence electrons. The van der Waals surface area contributed by atoms with Crippen LogP contribution in [-0.4, -0.2) is 62.6 Å². The Hall–Kier alpha value is -4.45. The van der Waals surface area contributed by atoms with E-state index >= 15 is 0 Å². The average Bonchev–Trinajstić information content (AvgIpc) is 2.95. The van der Waals surface area contributed by atoms with Crippen LogP contribution in [0, 0.1) is 0 Å². The molecule has 0 aliphatic rings. The molecule has 1 amide bonds. The molecule has 0 aliphatic carbocycles. The molecule has 0 aliphatic heterocycles.